The van der Waals surface area contributed by atoms with Crippen molar-refractivity contribution in [3.63, 3.8) is 0 Å². The minimum atomic E-state index is -0.371. The first-order chi connectivity index (χ1) is 11.2. The van der Waals surface area contributed by atoms with Crippen LogP contribution < -0.4 is 0 Å². The average molecular weight is 329 g/mol. The topological polar surface area (TPSA) is 35.5 Å². The first kappa shape index (κ1) is 22.4. The predicted octanol–water partition coefficient (Wildman–Crippen LogP) is 6.39. The van der Waals surface area contributed by atoms with Gasteiger partial charge in [0.1, 0.15) is 0 Å². The number of carbonyl (C=O) groups is 1. The molecule has 0 aliphatic carbocycles. The average Bonchev–Trinajstić information content (AvgIpc) is 2.56. The zero-order valence-corrected chi connectivity index (χ0v) is 15.9. The van der Waals surface area contributed by atoms with Crippen molar-refractivity contribution in [2.24, 2.45) is 0 Å². The lowest BCUT2D eigenvalue weighted by molar-refractivity contribution is -0.173. The zero-order valence-electron chi connectivity index (χ0n) is 15.9. The van der Waals surface area contributed by atoms with Crippen molar-refractivity contribution in [1.29, 1.82) is 0 Å². The van der Waals surface area contributed by atoms with Crippen LogP contribution >= 0.6 is 0 Å². The smallest absolute Gasteiger partial charge is 0.308 e. The van der Waals surface area contributed by atoms with Gasteiger partial charge in [0.05, 0.1) is 0 Å². The van der Waals surface area contributed by atoms with E-state index in [1.807, 2.05) is 6.92 Å². The fourth-order valence-electron chi connectivity index (χ4n) is 2.79. The summed E-state index contributed by atoms with van der Waals surface area (Å²) in [6.45, 7) is 4.22. The molecule has 1 unspecified atom stereocenters. The van der Waals surface area contributed by atoms with Crippen LogP contribution in [0.5, 0.6) is 0 Å². The van der Waals surface area contributed by atoms with Gasteiger partial charge in [0.15, 0.2) is 0 Å². The third-order valence-electron chi connectivity index (χ3n) is 4.34. The number of esters is 1. The van der Waals surface area contributed by atoms with Crippen LogP contribution in [0.4, 0.5) is 0 Å². The third kappa shape index (κ3) is 16.1. The quantitative estimate of drug-likeness (QED) is 0.176. The highest BCUT2D eigenvalue weighted by Gasteiger charge is 2.10. The number of methoxy groups -OCH3 is 1. The van der Waals surface area contributed by atoms with Crippen LogP contribution in [-0.2, 0) is 14.3 Å². The Morgan fingerprint density at radius 3 is 1.57 bits per heavy atom. The molecule has 23 heavy (non-hydrogen) atoms. The number of carbonyl (C=O) groups excluding carboxylic acids is 1. The number of rotatable bonds is 17. The first-order valence-corrected chi connectivity index (χ1v) is 9.96. The molecule has 0 aromatic carbocycles. The molecule has 0 rings (SSSR count). The Morgan fingerprint density at radius 1 is 0.739 bits per heavy atom. The van der Waals surface area contributed by atoms with Crippen molar-refractivity contribution in [1.82, 2.24) is 0 Å². The van der Waals surface area contributed by atoms with E-state index in [1.165, 1.54) is 70.6 Å². The van der Waals surface area contributed by atoms with Gasteiger partial charge in [-0.15, -0.1) is 0 Å². The molecule has 0 heterocycles. The first-order valence-electron chi connectivity index (χ1n) is 9.96. The Bertz CT molecular complexity index is 249. The van der Waals surface area contributed by atoms with E-state index in [0.29, 0.717) is 12.8 Å². The van der Waals surface area contributed by atoms with E-state index in [-0.39, 0.29) is 12.3 Å². The molecule has 0 fully saturated rings. The standard InChI is InChI=1S/C20H40O3/c1-4-6-7-8-9-10-11-12-13-14-15-16-17-18-19(21)23-20(5-2)22-3/h20H,4-18H2,1-3H3. The van der Waals surface area contributed by atoms with Crippen LogP contribution in [0.15, 0.2) is 0 Å². The van der Waals surface area contributed by atoms with Crippen molar-refractivity contribution < 1.29 is 14.3 Å². The second-order valence-corrected chi connectivity index (χ2v) is 6.56. The Kier molecular flexibility index (Phi) is 17.3. The molecule has 138 valence electrons. The lowest BCUT2D eigenvalue weighted by Crippen LogP contribution is -2.18. The van der Waals surface area contributed by atoms with E-state index >= 15 is 0 Å². The minimum Gasteiger partial charge on any atom is -0.436 e. The Balaban J connectivity index is 3.20. The van der Waals surface area contributed by atoms with Gasteiger partial charge in [-0.1, -0.05) is 90.9 Å². The van der Waals surface area contributed by atoms with Crippen LogP contribution in [-0.4, -0.2) is 19.4 Å². The summed E-state index contributed by atoms with van der Waals surface area (Å²) in [4.78, 5) is 11.6. The largest absolute Gasteiger partial charge is 0.436 e. The normalized spacial score (nSPS) is 12.3. The van der Waals surface area contributed by atoms with Crippen molar-refractivity contribution in [3.05, 3.63) is 0 Å². The molecule has 0 radical (unpaired) electrons. The van der Waals surface area contributed by atoms with Crippen LogP contribution in [0.2, 0.25) is 0 Å². The molecule has 0 bridgehead atoms. The van der Waals surface area contributed by atoms with Gasteiger partial charge in [-0.3, -0.25) is 4.79 Å². The Hall–Kier alpha value is -0.570. The number of hydrogen-bond donors (Lipinski definition) is 0. The van der Waals surface area contributed by atoms with Crippen molar-refractivity contribution in [3.8, 4) is 0 Å². The maximum absolute atomic E-state index is 11.6. The highest BCUT2D eigenvalue weighted by Crippen LogP contribution is 2.13. The summed E-state index contributed by atoms with van der Waals surface area (Å²) in [6.07, 6.45) is 18.0. The molecule has 0 saturated heterocycles. The third-order valence-corrected chi connectivity index (χ3v) is 4.34. The summed E-state index contributed by atoms with van der Waals surface area (Å²) in [5.74, 6) is -0.123. The van der Waals surface area contributed by atoms with Gasteiger partial charge >= 0.3 is 5.97 Å². The van der Waals surface area contributed by atoms with Gasteiger partial charge < -0.3 is 9.47 Å². The number of unbranched alkanes of at least 4 members (excludes halogenated alkanes) is 12. The molecule has 0 amide bonds. The number of hydrogen-bond acceptors (Lipinski definition) is 3. The SMILES string of the molecule is CCCCCCCCCCCCCCCC(=O)OC(CC)OC. The molecule has 0 saturated carbocycles. The van der Waals surface area contributed by atoms with E-state index in [1.54, 1.807) is 7.11 Å². The predicted molar refractivity (Wildman–Crippen MR) is 97.5 cm³/mol. The van der Waals surface area contributed by atoms with Crippen molar-refractivity contribution in [2.45, 2.75) is 116 Å². The van der Waals surface area contributed by atoms with E-state index in [9.17, 15) is 4.79 Å². The summed E-state index contributed by atoms with van der Waals surface area (Å²) < 4.78 is 10.2. The number of ether oxygens (including phenoxy) is 2. The lowest BCUT2D eigenvalue weighted by atomic mass is 10.0. The van der Waals surface area contributed by atoms with Gasteiger partial charge in [-0.2, -0.15) is 0 Å². The van der Waals surface area contributed by atoms with Crippen LogP contribution in [0.3, 0.4) is 0 Å². The second-order valence-electron chi connectivity index (χ2n) is 6.56. The molecular formula is C20H40O3. The lowest BCUT2D eigenvalue weighted by Gasteiger charge is -2.13. The fourth-order valence-corrected chi connectivity index (χ4v) is 2.79. The summed E-state index contributed by atoms with van der Waals surface area (Å²) in [5, 5.41) is 0. The summed E-state index contributed by atoms with van der Waals surface area (Å²) >= 11 is 0. The molecule has 0 aliphatic heterocycles. The Labute approximate surface area is 144 Å². The molecule has 0 N–H and O–H groups in total. The van der Waals surface area contributed by atoms with Crippen molar-refractivity contribution >= 4 is 5.97 Å². The minimum absolute atomic E-state index is 0.123. The molecule has 1 atom stereocenters. The zero-order chi connectivity index (χ0) is 17.2. The molecule has 3 nitrogen and oxygen atoms in total. The maximum Gasteiger partial charge on any atom is 0.308 e. The van der Waals surface area contributed by atoms with Crippen molar-refractivity contribution in [2.75, 3.05) is 7.11 Å². The summed E-state index contributed by atoms with van der Waals surface area (Å²) in [6, 6.07) is 0. The van der Waals surface area contributed by atoms with E-state index < -0.39 is 0 Å². The van der Waals surface area contributed by atoms with Gasteiger partial charge in [-0.05, 0) is 6.42 Å². The van der Waals surface area contributed by atoms with Gasteiger partial charge in [0.2, 0.25) is 6.29 Å². The second kappa shape index (κ2) is 17.8. The van der Waals surface area contributed by atoms with Gasteiger partial charge in [0.25, 0.3) is 0 Å². The van der Waals surface area contributed by atoms with Crippen LogP contribution in [0.25, 0.3) is 0 Å². The van der Waals surface area contributed by atoms with Crippen LogP contribution in [0.1, 0.15) is 110 Å². The highest BCUT2D eigenvalue weighted by molar-refractivity contribution is 5.69. The van der Waals surface area contributed by atoms with Gasteiger partial charge in [0, 0.05) is 20.0 Å². The van der Waals surface area contributed by atoms with E-state index in [2.05, 4.69) is 6.92 Å². The molecular weight excluding hydrogens is 288 g/mol. The fraction of sp³-hybridized carbons (Fsp3) is 0.950. The summed E-state index contributed by atoms with van der Waals surface area (Å²) in [7, 11) is 1.58. The monoisotopic (exact) mass is 328 g/mol. The summed E-state index contributed by atoms with van der Waals surface area (Å²) in [5.41, 5.74) is 0. The molecule has 0 aromatic heterocycles. The highest BCUT2D eigenvalue weighted by atomic mass is 16.7. The van der Waals surface area contributed by atoms with E-state index in [4.69, 9.17) is 9.47 Å². The van der Waals surface area contributed by atoms with E-state index in [0.717, 1.165) is 12.8 Å². The Morgan fingerprint density at radius 2 is 1.17 bits per heavy atom. The van der Waals surface area contributed by atoms with Crippen LogP contribution in [0, 0.1) is 0 Å². The molecule has 0 spiro atoms. The molecule has 3 heteroatoms. The molecule has 0 aliphatic rings. The van der Waals surface area contributed by atoms with Gasteiger partial charge in [-0.25, -0.2) is 0 Å². The molecule has 0 aromatic rings. The maximum atomic E-state index is 11.6.